The summed E-state index contributed by atoms with van der Waals surface area (Å²) in [5.74, 6) is -0.653. The summed E-state index contributed by atoms with van der Waals surface area (Å²) < 4.78 is 0. The summed E-state index contributed by atoms with van der Waals surface area (Å²) in [5, 5.41) is 8.52. The largest absolute Gasteiger partial charge is 2.00 e. The van der Waals surface area contributed by atoms with Crippen molar-refractivity contribution in [1.29, 1.82) is 0 Å². The maximum Gasteiger partial charge on any atom is 2.00 e. The van der Waals surface area contributed by atoms with Crippen LogP contribution in [0.3, 0.4) is 0 Å². The Kier molecular flexibility index (Phi) is 33.5. The van der Waals surface area contributed by atoms with Crippen LogP contribution in [0.1, 0.15) is 110 Å². The van der Waals surface area contributed by atoms with E-state index in [1.54, 1.807) is 0 Å². The fourth-order valence-electron chi connectivity index (χ4n) is 2.65. The molecule has 0 unspecified atom stereocenters. The van der Waals surface area contributed by atoms with Crippen LogP contribution in [0.4, 0.5) is 0 Å². The Hall–Kier alpha value is 1.04. The average molecular weight is 405 g/mol. The fourth-order valence-corrected chi connectivity index (χ4v) is 2.65. The van der Waals surface area contributed by atoms with Crippen LogP contribution in [0.25, 0.3) is 0 Å². The first-order chi connectivity index (χ1) is 11.5. The van der Waals surface area contributed by atoms with Crippen molar-refractivity contribution < 1.29 is 24.6 Å². The number of carboxylic acid groups (broad SMARTS) is 1. The maximum atomic E-state index is 10.3. The van der Waals surface area contributed by atoms with E-state index in [1.807, 2.05) is 0 Å². The van der Waals surface area contributed by atoms with Crippen LogP contribution < -0.4 is 9.79 Å². The number of hydrogen-bond donors (Lipinski definition) is 2. The van der Waals surface area contributed by atoms with Crippen molar-refractivity contribution in [2.75, 3.05) is 0 Å². The normalized spacial score (nSPS) is 10.1. The standard InChI is InChI=1S/C18H36O2.Ca.HO3P/c1-2-3-4-5-6-7-8-9-10-11-12-13-14-15-16-17-18(19)20;;1-4(2)3/h2-17H2,1H3,(H,19,20);;1H/q;+2;-2. The van der Waals surface area contributed by atoms with E-state index in [-0.39, 0.29) is 37.7 Å². The molecule has 0 aromatic carbocycles. The molecule has 0 radical (unpaired) electrons. The second-order valence-electron chi connectivity index (χ2n) is 6.33. The van der Waals surface area contributed by atoms with E-state index in [4.69, 9.17) is 19.8 Å². The van der Waals surface area contributed by atoms with Crippen LogP contribution in [0, 0.1) is 0 Å². The number of carbonyl (C=O) groups is 1. The molecule has 2 N–H and O–H groups in total. The molecular weight excluding hydrogens is 367 g/mol. The van der Waals surface area contributed by atoms with Crippen LogP contribution in [-0.2, 0) is 4.79 Å². The van der Waals surface area contributed by atoms with Gasteiger partial charge < -0.3 is 19.8 Å². The average Bonchev–Trinajstić information content (AvgIpc) is 2.50. The van der Waals surface area contributed by atoms with Crippen LogP contribution in [0.5, 0.6) is 0 Å². The van der Waals surface area contributed by atoms with E-state index in [9.17, 15) is 4.79 Å². The molecule has 0 saturated heterocycles. The minimum atomic E-state index is -3.12. The number of aliphatic carboxylic acids is 1. The predicted molar refractivity (Wildman–Crippen MR) is 102 cm³/mol. The van der Waals surface area contributed by atoms with Gasteiger partial charge in [-0.25, -0.2) is 0 Å². The number of unbranched alkanes of at least 4 members (excludes halogenated alkanes) is 14. The van der Waals surface area contributed by atoms with Crippen molar-refractivity contribution in [3.63, 3.8) is 0 Å². The maximum absolute atomic E-state index is 10.3. The summed E-state index contributed by atoms with van der Waals surface area (Å²) in [7, 11) is -3.12. The quantitative estimate of drug-likeness (QED) is 0.231. The predicted octanol–water partition coefficient (Wildman–Crippen LogP) is 3.88. The van der Waals surface area contributed by atoms with Crippen molar-refractivity contribution in [3.05, 3.63) is 0 Å². The van der Waals surface area contributed by atoms with E-state index >= 15 is 0 Å². The Morgan fingerprint density at radius 1 is 0.720 bits per heavy atom. The molecule has 7 heteroatoms. The molecule has 0 amide bonds. The Morgan fingerprint density at radius 2 is 0.960 bits per heavy atom. The first-order valence-electron chi connectivity index (χ1n) is 9.55. The second kappa shape index (κ2) is 27.3. The summed E-state index contributed by atoms with van der Waals surface area (Å²) >= 11 is 0. The Morgan fingerprint density at radius 3 is 1.20 bits per heavy atom. The smallest absolute Gasteiger partial charge is 0.820 e. The molecule has 0 fully saturated rings. The van der Waals surface area contributed by atoms with Gasteiger partial charge in [0, 0.05) is 6.42 Å². The molecule has 0 aliphatic heterocycles. The zero-order valence-electron chi connectivity index (χ0n) is 16.1. The van der Waals surface area contributed by atoms with Gasteiger partial charge in [-0.2, -0.15) is 8.60 Å². The summed E-state index contributed by atoms with van der Waals surface area (Å²) in [4.78, 5) is 34.5. The van der Waals surface area contributed by atoms with Crippen LogP contribution in [0.2, 0.25) is 0 Å². The summed E-state index contributed by atoms with van der Waals surface area (Å²) in [6.07, 6.45) is 20.2. The van der Waals surface area contributed by atoms with Gasteiger partial charge in [0.25, 0.3) is 0 Å². The first-order valence-corrected chi connectivity index (χ1v) is 10.7. The minimum absolute atomic E-state index is 0. The van der Waals surface area contributed by atoms with Gasteiger partial charge in [0.2, 0.25) is 0 Å². The van der Waals surface area contributed by atoms with Gasteiger partial charge in [0.05, 0.1) is 0 Å². The molecule has 0 atom stereocenters. The summed E-state index contributed by atoms with van der Waals surface area (Å²) in [6, 6.07) is 0. The van der Waals surface area contributed by atoms with Crippen molar-refractivity contribution in [2.24, 2.45) is 0 Å². The molecule has 0 aromatic rings. The van der Waals surface area contributed by atoms with Gasteiger partial charge >= 0.3 is 43.7 Å². The molecule has 0 rings (SSSR count). The molecular formula is C18H37CaO5P. The first kappa shape index (κ1) is 30.8. The third-order valence-corrected chi connectivity index (χ3v) is 3.99. The third kappa shape index (κ3) is 40.8. The van der Waals surface area contributed by atoms with Gasteiger partial charge in [-0.3, -0.25) is 4.79 Å². The van der Waals surface area contributed by atoms with Crippen molar-refractivity contribution >= 4 is 52.3 Å². The monoisotopic (exact) mass is 404 g/mol. The number of rotatable bonds is 16. The van der Waals surface area contributed by atoms with Gasteiger partial charge in [-0.05, 0) is 6.42 Å². The molecule has 0 bridgehead atoms. The third-order valence-electron chi connectivity index (χ3n) is 3.99. The molecule has 0 heterocycles. The Bertz CT molecular complexity index is 253. The topological polar surface area (TPSA) is 104 Å². The van der Waals surface area contributed by atoms with E-state index in [1.165, 1.54) is 83.5 Å². The fraction of sp³-hybridized carbons (Fsp3) is 0.944. The molecule has 0 aliphatic rings. The van der Waals surface area contributed by atoms with Crippen molar-refractivity contribution in [2.45, 2.75) is 110 Å². The van der Waals surface area contributed by atoms with Gasteiger partial charge in [0.1, 0.15) is 0 Å². The van der Waals surface area contributed by atoms with E-state index in [0.717, 1.165) is 12.8 Å². The zero-order chi connectivity index (χ0) is 18.5. The van der Waals surface area contributed by atoms with Crippen LogP contribution in [0.15, 0.2) is 0 Å². The zero-order valence-corrected chi connectivity index (χ0v) is 19.2. The van der Waals surface area contributed by atoms with Crippen molar-refractivity contribution in [1.82, 2.24) is 0 Å². The molecule has 0 saturated carbocycles. The molecule has 25 heavy (non-hydrogen) atoms. The Balaban J connectivity index is -0.000000867. The van der Waals surface area contributed by atoms with E-state index in [0.29, 0.717) is 6.42 Å². The van der Waals surface area contributed by atoms with Crippen LogP contribution >= 0.6 is 8.60 Å². The van der Waals surface area contributed by atoms with Crippen LogP contribution in [-0.4, -0.2) is 53.7 Å². The van der Waals surface area contributed by atoms with Gasteiger partial charge in [0.15, 0.2) is 0 Å². The summed E-state index contributed by atoms with van der Waals surface area (Å²) in [6.45, 7) is 2.27. The van der Waals surface area contributed by atoms with Gasteiger partial charge in [-0.15, -0.1) is 0 Å². The Labute approximate surface area is 185 Å². The van der Waals surface area contributed by atoms with Crippen molar-refractivity contribution in [3.8, 4) is 0 Å². The molecule has 5 nitrogen and oxygen atoms in total. The molecule has 0 aromatic heterocycles. The molecule has 0 spiro atoms. The van der Waals surface area contributed by atoms with Gasteiger partial charge in [-0.1, -0.05) is 96.8 Å². The second-order valence-corrected chi connectivity index (χ2v) is 6.81. The minimum Gasteiger partial charge on any atom is -0.820 e. The molecule has 146 valence electrons. The summed E-state index contributed by atoms with van der Waals surface area (Å²) in [5.41, 5.74) is 0. The SMILES string of the molecule is CCCCCCCCCCCCCCCCCC(=O)O.[Ca+2].[O-]P([O-])O. The van der Waals surface area contributed by atoms with E-state index in [2.05, 4.69) is 6.92 Å². The molecule has 0 aliphatic carbocycles. The van der Waals surface area contributed by atoms with E-state index < -0.39 is 14.6 Å². The number of hydrogen-bond acceptors (Lipinski definition) is 4. The number of carboxylic acids is 1.